The summed E-state index contributed by atoms with van der Waals surface area (Å²) in [5.41, 5.74) is 6.78. The summed E-state index contributed by atoms with van der Waals surface area (Å²) in [5.74, 6) is 0.669. The molecule has 0 aromatic carbocycles. The monoisotopic (exact) mass is 268 g/mol. The molecule has 3 unspecified atom stereocenters. The highest BCUT2D eigenvalue weighted by molar-refractivity contribution is 5.06. The highest BCUT2D eigenvalue weighted by atomic mass is 16.5. The van der Waals surface area contributed by atoms with Crippen LogP contribution in [0.15, 0.2) is 0 Å². The average molecular weight is 268 g/mol. The van der Waals surface area contributed by atoms with Gasteiger partial charge in [-0.2, -0.15) is 0 Å². The molecule has 0 amide bonds. The van der Waals surface area contributed by atoms with Crippen molar-refractivity contribution in [3.8, 4) is 0 Å². The van der Waals surface area contributed by atoms with Crippen molar-refractivity contribution < 1.29 is 4.74 Å². The number of ether oxygens (including phenoxy) is 1. The Morgan fingerprint density at radius 2 is 1.95 bits per heavy atom. The van der Waals surface area contributed by atoms with Crippen molar-refractivity contribution in [2.45, 2.75) is 64.5 Å². The third kappa shape index (κ3) is 2.57. The lowest BCUT2D eigenvalue weighted by Gasteiger charge is -2.58. The molecule has 2 fully saturated rings. The van der Waals surface area contributed by atoms with Crippen LogP contribution >= 0.6 is 0 Å². The van der Waals surface area contributed by atoms with Crippen LogP contribution in [0.4, 0.5) is 0 Å². The maximum atomic E-state index is 6.28. The van der Waals surface area contributed by atoms with Gasteiger partial charge in [0.1, 0.15) is 0 Å². The number of likely N-dealkylation sites (tertiary alicyclic amines) is 1. The third-order valence-electron chi connectivity index (χ3n) is 6.04. The fourth-order valence-corrected chi connectivity index (χ4v) is 4.38. The Hall–Kier alpha value is -0.120. The molecule has 1 saturated carbocycles. The van der Waals surface area contributed by atoms with E-state index in [2.05, 4.69) is 25.7 Å². The van der Waals surface area contributed by atoms with Crippen LogP contribution in [-0.2, 0) is 4.74 Å². The van der Waals surface area contributed by atoms with E-state index >= 15 is 0 Å². The Morgan fingerprint density at radius 3 is 2.53 bits per heavy atom. The minimum atomic E-state index is 0.183. The first-order valence-electron chi connectivity index (χ1n) is 7.95. The topological polar surface area (TPSA) is 38.5 Å². The Labute approximate surface area is 118 Å². The highest BCUT2D eigenvalue weighted by Crippen LogP contribution is 2.48. The fourth-order valence-electron chi connectivity index (χ4n) is 4.38. The van der Waals surface area contributed by atoms with Gasteiger partial charge in [-0.25, -0.2) is 0 Å². The lowest BCUT2D eigenvalue weighted by molar-refractivity contribution is -0.0992. The first kappa shape index (κ1) is 15.3. The molecule has 0 radical (unpaired) electrons. The van der Waals surface area contributed by atoms with Gasteiger partial charge in [-0.3, -0.25) is 4.90 Å². The predicted octanol–water partition coefficient (Wildman–Crippen LogP) is 2.64. The first-order valence-corrected chi connectivity index (χ1v) is 7.95. The van der Waals surface area contributed by atoms with Gasteiger partial charge in [0.25, 0.3) is 0 Å². The predicted molar refractivity (Wildman–Crippen MR) is 80.2 cm³/mol. The van der Waals surface area contributed by atoms with Gasteiger partial charge in [-0.05, 0) is 37.1 Å². The van der Waals surface area contributed by atoms with Gasteiger partial charge in [0, 0.05) is 25.7 Å². The second-order valence-electron chi connectivity index (χ2n) is 7.31. The Balaban J connectivity index is 2.21. The summed E-state index contributed by atoms with van der Waals surface area (Å²) in [6, 6.07) is 0. The molecule has 3 atom stereocenters. The van der Waals surface area contributed by atoms with Crippen molar-refractivity contribution in [3.63, 3.8) is 0 Å². The molecule has 2 aliphatic rings. The smallest absolute Gasteiger partial charge is 0.0724 e. The van der Waals surface area contributed by atoms with Gasteiger partial charge in [0.2, 0.25) is 0 Å². The van der Waals surface area contributed by atoms with Crippen molar-refractivity contribution in [2.24, 2.45) is 17.1 Å². The molecular weight excluding hydrogens is 236 g/mol. The van der Waals surface area contributed by atoms with E-state index in [9.17, 15) is 0 Å². The average Bonchev–Trinajstić information content (AvgIpc) is 2.39. The lowest BCUT2D eigenvalue weighted by atomic mass is 9.61. The fraction of sp³-hybridized carbons (Fsp3) is 1.00. The van der Waals surface area contributed by atoms with Crippen LogP contribution in [0.1, 0.15) is 52.9 Å². The van der Waals surface area contributed by atoms with Crippen molar-refractivity contribution >= 4 is 0 Å². The van der Waals surface area contributed by atoms with Crippen molar-refractivity contribution in [1.82, 2.24) is 4.90 Å². The number of piperidine rings is 1. The Kier molecular flexibility index (Phi) is 4.59. The summed E-state index contributed by atoms with van der Waals surface area (Å²) in [6.45, 7) is 10.2. The number of nitrogens with zero attached hydrogens (tertiary/aromatic N) is 1. The molecule has 1 aliphatic heterocycles. The van der Waals surface area contributed by atoms with E-state index in [0.717, 1.165) is 13.1 Å². The molecule has 0 aromatic rings. The van der Waals surface area contributed by atoms with E-state index in [4.69, 9.17) is 10.5 Å². The number of hydrogen-bond donors (Lipinski definition) is 1. The van der Waals surface area contributed by atoms with E-state index in [1.54, 1.807) is 0 Å². The van der Waals surface area contributed by atoms with Crippen LogP contribution in [0.5, 0.6) is 0 Å². The SMILES string of the molecule is COC1CN(C2(CN)CCCCC2(C)C)CCC1C. The van der Waals surface area contributed by atoms with Gasteiger partial charge in [-0.1, -0.05) is 33.6 Å². The zero-order valence-corrected chi connectivity index (χ0v) is 13.2. The van der Waals surface area contributed by atoms with E-state index in [1.165, 1.54) is 38.6 Å². The van der Waals surface area contributed by atoms with Crippen LogP contribution in [0.2, 0.25) is 0 Å². The molecule has 1 aliphatic carbocycles. The normalized spacial score (nSPS) is 40.3. The molecule has 19 heavy (non-hydrogen) atoms. The van der Waals surface area contributed by atoms with Gasteiger partial charge in [0.05, 0.1) is 6.10 Å². The number of rotatable bonds is 3. The van der Waals surface area contributed by atoms with Crippen LogP contribution in [0.3, 0.4) is 0 Å². The molecule has 1 saturated heterocycles. The lowest BCUT2D eigenvalue weighted by Crippen LogP contribution is -2.66. The summed E-state index contributed by atoms with van der Waals surface area (Å²) in [7, 11) is 1.85. The Morgan fingerprint density at radius 1 is 1.26 bits per heavy atom. The van der Waals surface area contributed by atoms with E-state index in [1.807, 2.05) is 7.11 Å². The molecule has 2 rings (SSSR count). The molecule has 0 aromatic heterocycles. The molecule has 1 heterocycles. The highest BCUT2D eigenvalue weighted by Gasteiger charge is 2.50. The maximum Gasteiger partial charge on any atom is 0.0724 e. The van der Waals surface area contributed by atoms with Gasteiger partial charge in [0.15, 0.2) is 0 Å². The number of nitrogens with two attached hydrogens (primary N) is 1. The molecule has 3 nitrogen and oxygen atoms in total. The van der Waals surface area contributed by atoms with E-state index < -0.39 is 0 Å². The quantitative estimate of drug-likeness (QED) is 0.855. The molecular formula is C16H32N2O. The standard InChI is InChI=1S/C16H32N2O/c1-13-7-10-18(11-14(13)19-4)16(12-17)9-6-5-8-15(16,2)3/h13-14H,5-12,17H2,1-4H3. The number of methoxy groups -OCH3 is 1. The maximum absolute atomic E-state index is 6.28. The molecule has 2 N–H and O–H groups in total. The molecule has 0 spiro atoms. The summed E-state index contributed by atoms with van der Waals surface area (Å²) in [4.78, 5) is 2.67. The summed E-state index contributed by atoms with van der Waals surface area (Å²) < 4.78 is 5.70. The second kappa shape index (κ2) is 5.71. The van der Waals surface area contributed by atoms with Crippen LogP contribution < -0.4 is 5.73 Å². The van der Waals surface area contributed by atoms with Crippen LogP contribution in [0, 0.1) is 11.3 Å². The van der Waals surface area contributed by atoms with Gasteiger partial charge < -0.3 is 10.5 Å². The molecule has 112 valence electrons. The first-order chi connectivity index (χ1) is 8.97. The summed E-state index contributed by atoms with van der Waals surface area (Å²) in [5, 5.41) is 0. The van der Waals surface area contributed by atoms with Gasteiger partial charge in [-0.15, -0.1) is 0 Å². The summed E-state index contributed by atoms with van der Waals surface area (Å²) >= 11 is 0. The van der Waals surface area contributed by atoms with E-state index in [0.29, 0.717) is 17.4 Å². The zero-order chi connectivity index (χ0) is 14.1. The number of hydrogen-bond acceptors (Lipinski definition) is 3. The largest absolute Gasteiger partial charge is 0.380 e. The molecule has 3 heteroatoms. The second-order valence-corrected chi connectivity index (χ2v) is 7.31. The van der Waals surface area contributed by atoms with Crippen molar-refractivity contribution in [3.05, 3.63) is 0 Å². The molecule has 0 bridgehead atoms. The van der Waals surface area contributed by atoms with Crippen LogP contribution in [0.25, 0.3) is 0 Å². The Bertz CT molecular complexity index is 305. The van der Waals surface area contributed by atoms with Gasteiger partial charge >= 0.3 is 0 Å². The minimum absolute atomic E-state index is 0.183. The zero-order valence-electron chi connectivity index (χ0n) is 13.2. The van der Waals surface area contributed by atoms with E-state index in [-0.39, 0.29) is 5.54 Å². The minimum Gasteiger partial charge on any atom is -0.380 e. The van der Waals surface area contributed by atoms with Crippen LogP contribution in [-0.4, -0.2) is 43.3 Å². The third-order valence-corrected chi connectivity index (χ3v) is 6.04. The van der Waals surface area contributed by atoms with Crippen molar-refractivity contribution in [1.29, 1.82) is 0 Å². The summed E-state index contributed by atoms with van der Waals surface area (Å²) in [6.07, 6.45) is 6.83. The van der Waals surface area contributed by atoms with Crippen molar-refractivity contribution in [2.75, 3.05) is 26.7 Å².